The lowest BCUT2D eigenvalue weighted by molar-refractivity contribution is 0.0835. The fourth-order valence-corrected chi connectivity index (χ4v) is 2.40. The number of rotatable bonds is 1. The van der Waals surface area contributed by atoms with Crippen LogP contribution in [0.15, 0.2) is 24.5 Å². The summed E-state index contributed by atoms with van der Waals surface area (Å²) in [4.78, 5) is 4.51. The molecular formula is C12H13ClN2O. The molecule has 0 atom stereocenters. The van der Waals surface area contributed by atoms with Crippen molar-refractivity contribution >= 4 is 17.1 Å². The van der Waals surface area contributed by atoms with Gasteiger partial charge in [0.15, 0.2) is 0 Å². The van der Waals surface area contributed by atoms with E-state index < -0.39 is 0 Å². The molecule has 0 radical (unpaired) electrons. The Morgan fingerprint density at radius 3 is 2.94 bits per heavy atom. The first-order chi connectivity index (χ1) is 7.84. The predicted octanol–water partition coefficient (Wildman–Crippen LogP) is 2.88. The Kier molecular flexibility index (Phi) is 2.58. The third-order valence-electron chi connectivity index (χ3n) is 3.11. The van der Waals surface area contributed by atoms with E-state index in [1.54, 1.807) is 0 Å². The number of hydrogen-bond donors (Lipinski definition) is 0. The van der Waals surface area contributed by atoms with Crippen LogP contribution in [-0.4, -0.2) is 22.6 Å². The fourth-order valence-electron chi connectivity index (χ4n) is 2.24. The molecule has 0 saturated carbocycles. The molecule has 16 heavy (non-hydrogen) atoms. The number of ether oxygens (including phenoxy) is 1. The summed E-state index contributed by atoms with van der Waals surface area (Å²) in [6.45, 7) is 1.67. The van der Waals surface area contributed by atoms with E-state index in [4.69, 9.17) is 16.3 Å². The van der Waals surface area contributed by atoms with Crippen molar-refractivity contribution in [2.24, 2.45) is 0 Å². The summed E-state index contributed by atoms with van der Waals surface area (Å²) in [5.74, 6) is 1.61. The maximum Gasteiger partial charge on any atom is 0.116 e. The normalized spacial score (nSPS) is 18.1. The molecule has 1 saturated heterocycles. The minimum absolute atomic E-state index is 0.495. The van der Waals surface area contributed by atoms with Crippen LogP contribution < -0.4 is 0 Å². The van der Waals surface area contributed by atoms with Crippen molar-refractivity contribution in [3.63, 3.8) is 0 Å². The summed E-state index contributed by atoms with van der Waals surface area (Å²) in [6.07, 6.45) is 5.94. The van der Waals surface area contributed by atoms with E-state index >= 15 is 0 Å². The third kappa shape index (κ3) is 1.70. The largest absolute Gasteiger partial charge is 0.381 e. The first-order valence-corrected chi connectivity index (χ1v) is 5.92. The third-order valence-corrected chi connectivity index (χ3v) is 3.33. The average Bonchev–Trinajstić information content (AvgIpc) is 2.73. The average molecular weight is 237 g/mol. The number of pyridine rings is 1. The van der Waals surface area contributed by atoms with Crippen molar-refractivity contribution in [3.05, 3.63) is 35.4 Å². The van der Waals surface area contributed by atoms with Crippen LogP contribution in [0, 0.1) is 0 Å². The van der Waals surface area contributed by atoms with Crippen LogP contribution in [-0.2, 0) is 4.74 Å². The standard InChI is InChI=1S/C12H13ClN2O/c13-10-1-2-11-7-14-12(15(11)8-10)9-3-5-16-6-4-9/h1-2,7-9H,3-6H2. The molecule has 0 bridgehead atoms. The molecule has 0 aromatic carbocycles. The lowest BCUT2D eigenvalue weighted by atomic mass is 10.00. The highest BCUT2D eigenvalue weighted by Crippen LogP contribution is 2.27. The molecule has 2 aromatic rings. The van der Waals surface area contributed by atoms with Crippen LogP contribution in [0.1, 0.15) is 24.6 Å². The number of aromatic nitrogens is 2. The number of nitrogens with zero attached hydrogens (tertiary/aromatic N) is 2. The van der Waals surface area contributed by atoms with Gasteiger partial charge in [0.25, 0.3) is 0 Å². The van der Waals surface area contributed by atoms with Crippen molar-refractivity contribution in [2.75, 3.05) is 13.2 Å². The van der Waals surface area contributed by atoms with Gasteiger partial charge in [0.2, 0.25) is 0 Å². The summed E-state index contributed by atoms with van der Waals surface area (Å²) in [5, 5.41) is 0.749. The molecule has 2 aromatic heterocycles. The zero-order chi connectivity index (χ0) is 11.0. The van der Waals surface area contributed by atoms with Crippen molar-refractivity contribution in [1.82, 2.24) is 9.38 Å². The van der Waals surface area contributed by atoms with Gasteiger partial charge in [-0.15, -0.1) is 0 Å². The van der Waals surface area contributed by atoms with E-state index in [1.165, 1.54) is 0 Å². The zero-order valence-corrected chi connectivity index (χ0v) is 9.65. The SMILES string of the molecule is Clc1ccc2cnc(C3CCOCC3)n2c1. The monoisotopic (exact) mass is 236 g/mol. The second-order valence-electron chi connectivity index (χ2n) is 4.15. The van der Waals surface area contributed by atoms with E-state index in [2.05, 4.69) is 9.38 Å². The molecule has 0 aliphatic carbocycles. The van der Waals surface area contributed by atoms with Gasteiger partial charge in [-0.1, -0.05) is 11.6 Å². The fraction of sp³-hybridized carbons (Fsp3) is 0.417. The van der Waals surface area contributed by atoms with Gasteiger partial charge in [0, 0.05) is 25.3 Å². The van der Waals surface area contributed by atoms with E-state index in [0.29, 0.717) is 5.92 Å². The van der Waals surface area contributed by atoms with Gasteiger partial charge in [-0.05, 0) is 25.0 Å². The van der Waals surface area contributed by atoms with Gasteiger partial charge in [-0.25, -0.2) is 4.98 Å². The Balaban J connectivity index is 2.05. The molecule has 3 heterocycles. The zero-order valence-electron chi connectivity index (χ0n) is 8.90. The first kappa shape index (κ1) is 10.1. The second-order valence-corrected chi connectivity index (χ2v) is 4.58. The number of fused-ring (bicyclic) bond motifs is 1. The van der Waals surface area contributed by atoms with Crippen LogP contribution in [0.5, 0.6) is 0 Å². The van der Waals surface area contributed by atoms with Gasteiger partial charge >= 0.3 is 0 Å². The summed E-state index contributed by atoms with van der Waals surface area (Å²) in [7, 11) is 0. The molecule has 0 spiro atoms. The highest BCUT2D eigenvalue weighted by atomic mass is 35.5. The predicted molar refractivity (Wildman–Crippen MR) is 63.0 cm³/mol. The highest BCUT2D eigenvalue weighted by Gasteiger charge is 2.20. The number of hydrogen-bond acceptors (Lipinski definition) is 2. The van der Waals surface area contributed by atoms with Crippen LogP contribution in [0.25, 0.3) is 5.52 Å². The molecule has 1 aliphatic rings. The Morgan fingerprint density at radius 2 is 2.12 bits per heavy atom. The van der Waals surface area contributed by atoms with E-state index in [9.17, 15) is 0 Å². The molecule has 3 nitrogen and oxygen atoms in total. The van der Waals surface area contributed by atoms with Crippen molar-refractivity contribution < 1.29 is 4.74 Å². The van der Waals surface area contributed by atoms with Crippen LogP contribution >= 0.6 is 11.6 Å². The van der Waals surface area contributed by atoms with Crippen LogP contribution in [0.2, 0.25) is 5.02 Å². The van der Waals surface area contributed by atoms with E-state index in [1.807, 2.05) is 24.5 Å². The Bertz CT molecular complexity index is 503. The highest BCUT2D eigenvalue weighted by molar-refractivity contribution is 6.30. The Morgan fingerprint density at radius 1 is 1.31 bits per heavy atom. The van der Waals surface area contributed by atoms with Gasteiger partial charge < -0.3 is 9.14 Å². The topological polar surface area (TPSA) is 26.5 Å². The molecule has 1 fully saturated rings. The molecule has 4 heteroatoms. The molecule has 3 rings (SSSR count). The lowest BCUT2D eigenvalue weighted by Crippen LogP contribution is -2.16. The van der Waals surface area contributed by atoms with Gasteiger partial charge in [0.05, 0.1) is 16.7 Å². The lowest BCUT2D eigenvalue weighted by Gasteiger charge is -2.20. The Labute approximate surface area is 99.0 Å². The molecule has 1 aliphatic heterocycles. The van der Waals surface area contributed by atoms with Crippen molar-refractivity contribution in [3.8, 4) is 0 Å². The number of imidazole rings is 1. The summed E-state index contributed by atoms with van der Waals surface area (Å²) in [6, 6.07) is 3.89. The van der Waals surface area contributed by atoms with Gasteiger partial charge in [-0.3, -0.25) is 0 Å². The number of halogens is 1. The summed E-state index contributed by atoms with van der Waals surface area (Å²) < 4.78 is 7.47. The van der Waals surface area contributed by atoms with E-state index in [0.717, 1.165) is 42.4 Å². The quantitative estimate of drug-likeness (QED) is 0.761. The molecule has 0 unspecified atom stereocenters. The van der Waals surface area contributed by atoms with Gasteiger partial charge in [0.1, 0.15) is 5.82 Å². The van der Waals surface area contributed by atoms with Crippen LogP contribution in [0.4, 0.5) is 0 Å². The summed E-state index contributed by atoms with van der Waals surface area (Å²) in [5.41, 5.74) is 1.10. The molecular weight excluding hydrogens is 224 g/mol. The maximum atomic E-state index is 6.01. The molecule has 0 amide bonds. The summed E-state index contributed by atoms with van der Waals surface area (Å²) >= 11 is 6.01. The van der Waals surface area contributed by atoms with Crippen molar-refractivity contribution in [2.45, 2.75) is 18.8 Å². The molecule has 84 valence electrons. The van der Waals surface area contributed by atoms with Crippen LogP contribution in [0.3, 0.4) is 0 Å². The Hall–Kier alpha value is -1.06. The van der Waals surface area contributed by atoms with Gasteiger partial charge in [-0.2, -0.15) is 0 Å². The van der Waals surface area contributed by atoms with Crippen molar-refractivity contribution in [1.29, 1.82) is 0 Å². The second kappa shape index (κ2) is 4.07. The van der Waals surface area contributed by atoms with E-state index in [-0.39, 0.29) is 0 Å². The molecule has 0 N–H and O–H groups in total. The first-order valence-electron chi connectivity index (χ1n) is 5.55. The minimum atomic E-state index is 0.495. The smallest absolute Gasteiger partial charge is 0.116 e. The minimum Gasteiger partial charge on any atom is -0.381 e. The maximum absolute atomic E-state index is 6.01.